The van der Waals surface area contributed by atoms with E-state index < -0.39 is 5.54 Å². The molecule has 1 saturated carbocycles. The second-order valence-electron chi connectivity index (χ2n) is 4.97. The number of nitrogens with zero attached hydrogens (tertiary/aromatic N) is 1. The predicted octanol–water partition coefficient (Wildman–Crippen LogP) is 3.12. The molecule has 0 heterocycles. The van der Waals surface area contributed by atoms with E-state index in [9.17, 15) is 5.26 Å². The number of nitrogens with one attached hydrogen (secondary N) is 1. The SMILES string of the molecule is Cc1cccc(SCC(C)(C#N)NC2CC2)c1. The van der Waals surface area contributed by atoms with Gasteiger partial charge in [-0.1, -0.05) is 17.7 Å². The van der Waals surface area contributed by atoms with Crippen LogP contribution in [0.2, 0.25) is 0 Å². The highest BCUT2D eigenvalue weighted by Gasteiger charge is 2.32. The highest BCUT2D eigenvalue weighted by Crippen LogP contribution is 2.27. The summed E-state index contributed by atoms with van der Waals surface area (Å²) in [6.07, 6.45) is 2.43. The van der Waals surface area contributed by atoms with Crippen LogP contribution in [-0.2, 0) is 0 Å². The first-order valence-electron chi connectivity index (χ1n) is 6.00. The van der Waals surface area contributed by atoms with E-state index in [1.807, 2.05) is 6.92 Å². The van der Waals surface area contributed by atoms with Crippen molar-refractivity contribution < 1.29 is 0 Å². The first-order chi connectivity index (χ1) is 8.11. The molecular formula is C14H18N2S. The lowest BCUT2D eigenvalue weighted by Crippen LogP contribution is -2.44. The molecule has 2 nitrogen and oxygen atoms in total. The van der Waals surface area contributed by atoms with Gasteiger partial charge in [-0.2, -0.15) is 5.26 Å². The monoisotopic (exact) mass is 246 g/mol. The van der Waals surface area contributed by atoms with Crippen LogP contribution in [0.5, 0.6) is 0 Å². The Hall–Kier alpha value is -0.980. The fourth-order valence-electron chi connectivity index (χ4n) is 1.72. The van der Waals surface area contributed by atoms with Crippen LogP contribution >= 0.6 is 11.8 Å². The summed E-state index contributed by atoms with van der Waals surface area (Å²) in [6.45, 7) is 4.09. The Balaban J connectivity index is 1.93. The average molecular weight is 246 g/mol. The minimum atomic E-state index is -0.407. The zero-order valence-electron chi connectivity index (χ0n) is 10.4. The van der Waals surface area contributed by atoms with E-state index in [1.165, 1.54) is 23.3 Å². The van der Waals surface area contributed by atoms with Crippen molar-refractivity contribution in [3.8, 4) is 6.07 Å². The summed E-state index contributed by atoms with van der Waals surface area (Å²) in [6, 6.07) is 11.4. The van der Waals surface area contributed by atoms with Gasteiger partial charge in [0, 0.05) is 16.7 Å². The van der Waals surface area contributed by atoms with Gasteiger partial charge in [-0.25, -0.2) is 0 Å². The minimum Gasteiger partial charge on any atom is -0.296 e. The van der Waals surface area contributed by atoms with E-state index in [0.717, 1.165) is 5.75 Å². The van der Waals surface area contributed by atoms with Gasteiger partial charge in [-0.15, -0.1) is 11.8 Å². The molecular weight excluding hydrogens is 228 g/mol. The smallest absolute Gasteiger partial charge is 0.113 e. The zero-order valence-corrected chi connectivity index (χ0v) is 11.2. The summed E-state index contributed by atoms with van der Waals surface area (Å²) >= 11 is 1.75. The summed E-state index contributed by atoms with van der Waals surface area (Å²) in [5, 5.41) is 12.7. The molecule has 0 radical (unpaired) electrons. The molecule has 2 rings (SSSR count). The number of aryl methyl sites for hydroxylation is 1. The van der Waals surface area contributed by atoms with Crippen molar-refractivity contribution >= 4 is 11.8 Å². The van der Waals surface area contributed by atoms with Crippen molar-refractivity contribution in [2.24, 2.45) is 0 Å². The second-order valence-corrected chi connectivity index (χ2v) is 6.02. The van der Waals surface area contributed by atoms with Crippen LogP contribution < -0.4 is 5.32 Å². The zero-order chi connectivity index (χ0) is 12.3. The fourth-order valence-corrected chi connectivity index (χ4v) is 2.76. The quantitative estimate of drug-likeness (QED) is 0.811. The number of thioether (sulfide) groups is 1. The van der Waals surface area contributed by atoms with Gasteiger partial charge >= 0.3 is 0 Å². The molecule has 0 spiro atoms. The van der Waals surface area contributed by atoms with Crippen LogP contribution in [-0.4, -0.2) is 17.3 Å². The molecule has 0 bridgehead atoms. The Morgan fingerprint density at radius 3 is 2.88 bits per heavy atom. The van der Waals surface area contributed by atoms with Gasteiger partial charge in [-0.05, 0) is 38.8 Å². The standard InChI is InChI=1S/C14H18N2S/c1-11-4-3-5-13(8-11)17-10-14(2,9-15)16-12-6-7-12/h3-5,8,12,16H,6-7,10H2,1-2H3. The van der Waals surface area contributed by atoms with E-state index in [2.05, 4.69) is 42.6 Å². The highest BCUT2D eigenvalue weighted by molar-refractivity contribution is 7.99. The number of nitriles is 1. The van der Waals surface area contributed by atoms with E-state index >= 15 is 0 Å². The molecule has 0 aliphatic heterocycles. The van der Waals surface area contributed by atoms with Crippen molar-refractivity contribution in [1.29, 1.82) is 5.26 Å². The fraction of sp³-hybridized carbons (Fsp3) is 0.500. The molecule has 90 valence electrons. The second kappa shape index (κ2) is 5.12. The summed E-state index contributed by atoms with van der Waals surface area (Å²) < 4.78 is 0. The van der Waals surface area contributed by atoms with Gasteiger partial charge < -0.3 is 0 Å². The normalized spacial score (nSPS) is 18.4. The van der Waals surface area contributed by atoms with Crippen molar-refractivity contribution in [3.63, 3.8) is 0 Å². The lowest BCUT2D eigenvalue weighted by molar-refractivity contribution is 0.490. The Labute approximate surface area is 107 Å². The Bertz CT molecular complexity index is 434. The molecule has 0 aromatic heterocycles. The molecule has 0 saturated heterocycles. The highest BCUT2D eigenvalue weighted by atomic mass is 32.2. The molecule has 1 aliphatic rings. The van der Waals surface area contributed by atoms with E-state index in [1.54, 1.807) is 11.8 Å². The molecule has 1 N–H and O–H groups in total. The van der Waals surface area contributed by atoms with Crippen LogP contribution in [0.4, 0.5) is 0 Å². The lowest BCUT2D eigenvalue weighted by atomic mass is 10.1. The van der Waals surface area contributed by atoms with Crippen LogP contribution in [0.3, 0.4) is 0 Å². The first-order valence-corrected chi connectivity index (χ1v) is 6.98. The number of hydrogen-bond donors (Lipinski definition) is 1. The van der Waals surface area contributed by atoms with Crippen LogP contribution in [0.25, 0.3) is 0 Å². The van der Waals surface area contributed by atoms with Gasteiger partial charge in [0.25, 0.3) is 0 Å². The summed E-state index contributed by atoms with van der Waals surface area (Å²) in [4.78, 5) is 1.24. The van der Waals surface area contributed by atoms with Crippen molar-refractivity contribution in [2.45, 2.75) is 43.2 Å². The molecule has 1 unspecified atom stereocenters. The van der Waals surface area contributed by atoms with Crippen LogP contribution in [0, 0.1) is 18.3 Å². The third kappa shape index (κ3) is 3.76. The Kier molecular flexibility index (Phi) is 3.76. The average Bonchev–Trinajstić information content (AvgIpc) is 3.11. The first kappa shape index (κ1) is 12.5. The molecule has 1 fully saturated rings. The molecule has 3 heteroatoms. The molecule has 1 aliphatic carbocycles. The van der Waals surface area contributed by atoms with E-state index in [-0.39, 0.29) is 0 Å². The van der Waals surface area contributed by atoms with Crippen molar-refractivity contribution in [2.75, 3.05) is 5.75 Å². The largest absolute Gasteiger partial charge is 0.296 e. The van der Waals surface area contributed by atoms with Crippen molar-refractivity contribution in [3.05, 3.63) is 29.8 Å². The minimum absolute atomic E-state index is 0.407. The van der Waals surface area contributed by atoms with Gasteiger partial charge in [0.05, 0.1) is 6.07 Å². The number of benzene rings is 1. The molecule has 1 aromatic rings. The van der Waals surface area contributed by atoms with E-state index in [4.69, 9.17) is 0 Å². The topological polar surface area (TPSA) is 35.8 Å². The van der Waals surface area contributed by atoms with Gasteiger partial charge in [0.1, 0.15) is 5.54 Å². The van der Waals surface area contributed by atoms with Gasteiger partial charge in [-0.3, -0.25) is 5.32 Å². The third-order valence-electron chi connectivity index (χ3n) is 2.86. The maximum Gasteiger partial charge on any atom is 0.113 e. The maximum absolute atomic E-state index is 9.27. The summed E-state index contributed by atoms with van der Waals surface area (Å²) in [5.41, 5.74) is 0.860. The molecule has 1 atom stereocenters. The lowest BCUT2D eigenvalue weighted by Gasteiger charge is -2.22. The van der Waals surface area contributed by atoms with Gasteiger partial charge in [0.2, 0.25) is 0 Å². The predicted molar refractivity (Wildman–Crippen MR) is 72.1 cm³/mol. The summed E-state index contributed by atoms with van der Waals surface area (Å²) in [5.74, 6) is 0.795. The van der Waals surface area contributed by atoms with Crippen molar-refractivity contribution in [1.82, 2.24) is 5.32 Å². The Morgan fingerprint density at radius 1 is 1.53 bits per heavy atom. The number of hydrogen-bond acceptors (Lipinski definition) is 3. The van der Waals surface area contributed by atoms with Crippen LogP contribution in [0.1, 0.15) is 25.3 Å². The molecule has 1 aromatic carbocycles. The van der Waals surface area contributed by atoms with Gasteiger partial charge in [0.15, 0.2) is 0 Å². The van der Waals surface area contributed by atoms with Crippen LogP contribution in [0.15, 0.2) is 29.2 Å². The van der Waals surface area contributed by atoms with E-state index in [0.29, 0.717) is 6.04 Å². The summed E-state index contributed by atoms with van der Waals surface area (Å²) in [7, 11) is 0. The Morgan fingerprint density at radius 2 is 2.29 bits per heavy atom. The number of rotatable bonds is 5. The molecule has 17 heavy (non-hydrogen) atoms. The maximum atomic E-state index is 9.27. The third-order valence-corrected chi connectivity index (χ3v) is 4.17. The molecule has 0 amide bonds.